The Morgan fingerprint density at radius 2 is 1.47 bits per heavy atom. The van der Waals surface area contributed by atoms with Gasteiger partial charge in [0.2, 0.25) is 17.8 Å². The molecule has 0 spiro atoms. The molecule has 0 saturated carbocycles. The highest BCUT2D eigenvalue weighted by Gasteiger charge is 2.27. The van der Waals surface area contributed by atoms with Gasteiger partial charge in [-0.05, 0) is 32.9 Å². The largest absolute Gasteiger partial charge is 0.378 e. The van der Waals surface area contributed by atoms with Crippen LogP contribution in [0.2, 0.25) is 0 Å². The Hall–Kier alpha value is -2.78. The zero-order valence-corrected chi connectivity index (χ0v) is 17.7. The lowest BCUT2D eigenvalue weighted by molar-refractivity contribution is -0.00573. The summed E-state index contributed by atoms with van der Waals surface area (Å²) in [5, 5.41) is 0. The molecule has 2 atom stereocenters. The number of benzene rings is 1. The fourth-order valence-corrected chi connectivity index (χ4v) is 4.23. The number of hydrogen-bond donors (Lipinski definition) is 0. The number of para-hydroxylation sites is 2. The fraction of sp³-hybridized carbons (Fsp3) is 0.524. The van der Waals surface area contributed by atoms with Gasteiger partial charge in [-0.25, -0.2) is 4.98 Å². The Balaban J connectivity index is 1.63. The quantitative estimate of drug-likeness (QED) is 0.650. The molecular weight excluding hydrogens is 382 g/mol. The molecule has 0 amide bonds. The number of hydrogen-bond acceptors (Lipinski definition) is 8. The number of nitrogens with zero attached hydrogens (tertiary/aromatic N) is 7. The van der Waals surface area contributed by atoms with Crippen molar-refractivity contribution in [1.82, 2.24) is 24.5 Å². The zero-order valence-electron chi connectivity index (χ0n) is 17.7. The average molecular weight is 409 g/mol. The number of fused-ring (bicyclic) bond motifs is 1. The van der Waals surface area contributed by atoms with E-state index >= 15 is 0 Å². The summed E-state index contributed by atoms with van der Waals surface area (Å²) in [4.78, 5) is 23.7. The highest BCUT2D eigenvalue weighted by atomic mass is 16.5. The minimum atomic E-state index is 0.122. The molecule has 1 aromatic carbocycles. The van der Waals surface area contributed by atoms with E-state index in [1.807, 2.05) is 35.8 Å². The van der Waals surface area contributed by atoms with E-state index < -0.39 is 0 Å². The van der Waals surface area contributed by atoms with Crippen molar-refractivity contribution in [2.75, 3.05) is 49.2 Å². The highest BCUT2D eigenvalue weighted by Crippen LogP contribution is 2.24. The topological polar surface area (TPSA) is 81.4 Å². The van der Waals surface area contributed by atoms with Crippen LogP contribution in [0.25, 0.3) is 17.0 Å². The van der Waals surface area contributed by atoms with Crippen LogP contribution < -0.4 is 9.80 Å². The minimum absolute atomic E-state index is 0.122. The second kappa shape index (κ2) is 7.81. The monoisotopic (exact) mass is 409 g/mol. The first-order valence-corrected chi connectivity index (χ1v) is 10.5. The van der Waals surface area contributed by atoms with Crippen molar-refractivity contribution < 1.29 is 9.47 Å². The van der Waals surface area contributed by atoms with E-state index in [-0.39, 0.29) is 12.2 Å². The van der Waals surface area contributed by atoms with Crippen LogP contribution in [0.4, 0.5) is 11.9 Å². The number of anilines is 2. The van der Waals surface area contributed by atoms with Crippen LogP contribution in [-0.2, 0) is 9.47 Å². The van der Waals surface area contributed by atoms with Crippen LogP contribution >= 0.6 is 0 Å². The van der Waals surface area contributed by atoms with Gasteiger partial charge in [-0.2, -0.15) is 15.0 Å². The van der Waals surface area contributed by atoms with E-state index in [4.69, 9.17) is 29.4 Å². The lowest BCUT2D eigenvalue weighted by atomic mass is 10.2. The first-order chi connectivity index (χ1) is 14.6. The molecule has 3 aromatic rings. The van der Waals surface area contributed by atoms with Gasteiger partial charge in [-0.3, -0.25) is 4.57 Å². The Kier molecular flexibility index (Phi) is 5.00. The molecule has 2 aliphatic heterocycles. The van der Waals surface area contributed by atoms with E-state index in [0.717, 1.165) is 43.0 Å². The molecule has 2 aromatic heterocycles. The number of rotatable bonds is 3. The summed E-state index contributed by atoms with van der Waals surface area (Å²) in [5.41, 5.74) is 1.92. The van der Waals surface area contributed by atoms with Gasteiger partial charge >= 0.3 is 0 Å². The lowest BCUT2D eigenvalue weighted by Crippen LogP contribution is -2.46. The third-order valence-corrected chi connectivity index (χ3v) is 5.52. The summed E-state index contributed by atoms with van der Waals surface area (Å²) >= 11 is 0. The Bertz CT molecular complexity index is 1040. The molecule has 2 saturated heterocycles. The molecule has 0 N–H and O–H groups in total. The summed E-state index contributed by atoms with van der Waals surface area (Å²) < 4.78 is 13.4. The summed E-state index contributed by atoms with van der Waals surface area (Å²) in [7, 11) is 0. The lowest BCUT2D eigenvalue weighted by Gasteiger charge is -2.36. The Labute approximate surface area is 175 Å². The van der Waals surface area contributed by atoms with E-state index in [0.29, 0.717) is 31.1 Å². The maximum absolute atomic E-state index is 5.91. The normalized spacial score (nSPS) is 22.6. The van der Waals surface area contributed by atoms with Crippen molar-refractivity contribution in [2.45, 2.75) is 33.0 Å². The smallest absolute Gasteiger partial charge is 0.242 e. The molecule has 4 heterocycles. The standard InChI is InChI=1S/C21H27N7O2/c1-14-12-27(13-15(2)30-14)20-23-19(26-8-10-29-11-9-26)24-21(25-20)28-16(3)22-17-6-4-5-7-18(17)28/h4-7,14-15H,8-13H2,1-3H3/t14-,15+. The summed E-state index contributed by atoms with van der Waals surface area (Å²) in [6.07, 6.45) is 0.244. The Morgan fingerprint density at radius 3 is 2.20 bits per heavy atom. The molecule has 0 aliphatic carbocycles. The molecule has 9 heteroatoms. The Morgan fingerprint density at radius 1 is 0.833 bits per heavy atom. The van der Waals surface area contributed by atoms with Gasteiger partial charge in [0.25, 0.3) is 0 Å². The molecule has 5 rings (SSSR count). The van der Waals surface area contributed by atoms with Crippen LogP contribution in [0.5, 0.6) is 0 Å². The molecule has 0 unspecified atom stereocenters. The maximum atomic E-state index is 5.91. The number of imidazole rings is 1. The first-order valence-electron chi connectivity index (χ1n) is 10.5. The third kappa shape index (κ3) is 3.59. The highest BCUT2D eigenvalue weighted by molar-refractivity contribution is 5.77. The number of morpholine rings is 2. The summed E-state index contributed by atoms with van der Waals surface area (Å²) in [5.74, 6) is 2.81. The van der Waals surface area contributed by atoms with Gasteiger partial charge in [0, 0.05) is 26.2 Å². The molecule has 2 aliphatic rings. The molecule has 158 valence electrons. The third-order valence-electron chi connectivity index (χ3n) is 5.52. The summed E-state index contributed by atoms with van der Waals surface area (Å²) in [6.45, 7) is 10.5. The first kappa shape index (κ1) is 19.2. The van der Waals surface area contributed by atoms with Crippen LogP contribution in [-0.4, -0.2) is 76.1 Å². The molecule has 30 heavy (non-hydrogen) atoms. The fourth-order valence-electron chi connectivity index (χ4n) is 4.23. The molecular formula is C21H27N7O2. The van der Waals surface area contributed by atoms with E-state index in [1.165, 1.54) is 0 Å². The van der Waals surface area contributed by atoms with Crippen molar-refractivity contribution in [3.8, 4) is 5.95 Å². The van der Waals surface area contributed by atoms with Crippen molar-refractivity contribution >= 4 is 22.9 Å². The zero-order chi connectivity index (χ0) is 20.7. The van der Waals surface area contributed by atoms with Gasteiger partial charge in [0.05, 0.1) is 36.5 Å². The van der Waals surface area contributed by atoms with E-state index in [2.05, 4.69) is 23.6 Å². The second-order valence-corrected chi connectivity index (χ2v) is 7.98. The SMILES string of the molecule is Cc1nc2ccccc2n1-c1nc(N2CCOCC2)nc(N2C[C@@H](C)O[C@@H](C)C2)n1. The van der Waals surface area contributed by atoms with E-state index in [1.54, 1.807) is 0 Å². The summed E-state index contributed by atoms with van der Waals surface area (Å²) in [6, 6.07) is 8.06. The average Bonchev–Trinajstić information content (AvgIpc) is 3.09. The van der Waals surface area contributed by atoms with Crippen LogP contribution in [0.1, 0.15) is 19.7 Å². The van der Waals surface area contributed by atoms with Gasteiger partial charge < -0.3 is 19.3 Å². The van der Waals surface area contributed by atoms with Gasteiger partial charge in [-0.15, -0.1) is 0 Å². The van der Waals surface area contributed by atoms with Gasteiger partial charge in [0.15, 0.2) is 0 Å². The van der Waals surface area contributed by atoms with Gasteiger partial charge in [-0.1, -0.05) is 12.1 Å². The number of ether oxygens (including phenoxy) is 2. The van der Waals surface area contributed by atoms with E-state index in [9.17, 15) is 0 Å². The molecule has 0 bridgehead atoms. The van der Waals surface area contributed by atoms with Crippen LogP contribution in [0.15, 0.2) is 24.3 Å². The van der Waals surface area contributed by atoms with Gasteiger partial charge in [0.1, 0.15) is 5.82 Å². The minimum Gasteiger partial charge on any atom is -0.378 e. The number of aryl methyl sites for hydroxylation is 1. The van der Waals surface area contributed by atoms with Crippen molar-refractivity contribution in [3.63, 3.8) is 0 Å². The van der Waals surface area contributed by atoms with Crippen LogP contribution in [0.3, 0.4) is 0 Å². The van der Waals surface area contributed by atoms with Crippen molar-refractivity contribution in [3.05, 3.63) is 30.1 Å². The second-order valence-electron chi connectivity index (χ2n) is 7.98. The van der Waals surface area contributed by atoms with Crippen molar-refractivity contribution in [2.24, 2.45) is 0 Å². The molecule has 2 fully saturated rings. The molecule has 9 nitrogen and oxygen atoms in total. The maximum Gasteiger partial charge on any atom is 0.242 e. The van der Waals surface area contributed by atoms with Crippen molar-refractivity contribution in [1.29, 1.82) is 0 Å². The predicted octanol–water partition coefficient (Wildman–Crippen LogP) is 1.97. The molecule has 0 radical (unpaired) electrons. The van der Waals surface area contributed by atoms with Crippen LogP contribution in [0, 0.1) is 6.92 Å². The number of aromatic nitrogens is 5. The predicted molar refractivity (Wildman–Crippen MR) is 114 cm³/mol.